The van der Waals surface area contributed by atoms with E-state index in [-0.39, 0.29) is 17.9 Å². The van der Waals surface area contributed by atoms with Crippen molar-refractivity contribution in [3.63, 3.8) is 0 Å². The first kappa shape index (κ1) is 23.3. The van der Waals surface area contributed by atoms with Crippen LogP contribution in [0.5, 0.6) is 0 Å². The Morgan fingerprint density at radius 1 is 1.03 bits per heavy atom. The third-order valence-electron chi connectivity index (χ3n) is 5.91. The predicted octanol–water partition coefficient (Wildman–Crippen LogP) is 4.37. The van der Waals surface area contributed by atoms with Crippen molar-refractivity contribution in [3.8, 4) is 11.3 Å². The van der Waals surface area contributed by atoms with Gasteiger partial charge in [0, 0.05) is 56.0 Å². The number of hydrogen-bond acceptors (Lipinski definition) is 7. The molecule has 0 unspecified atom stereocenters. The lowest BCUT2D eigenvalue weighted by Crippen LogP contribution is -2.18. The van der Waals surface area contributed by atoms with Gasteiger partial charge in [0.05, 0.1) is 28.6 Å². The molecule has 8 nitrogen and oxygen atoms in total. The fourth-order valence-corrected chi connectivity index (χ4v) is 3.86. The number of fused-ring (bicyclic) bond motifs is 1. The molecule has 4 rings (SSSR count). The average molecular weight is 457 g/mol. The number of pyridine rings is 2. The normalized spacial score (nSPS) is 12.8. The predicted molar refractivity (Wildman–Crippen MR) is 133 cm³/mol. The first-order valence-electron chi connectivity index (χ1n) is 11.2. The number of carbonyl (C=O) groups excluding carboxylic acids is 1. The van der Waals surface area contributed by atoms with Crippen LogP contribution in [0.2, 0.25) is 0 Å². The van der Waals surface area contributed by atoms with E-state index in [0.717, 1.165) is 39.2 Å². The molecule has 3 heterocycles. The number of benzene rings is 1. The maximum Gasteiger partial charge on any atom is 0.251 e. The molecule has 1 aromatic carbocycles. The Labute approximate surface area is 198 Å². The zero-order valence-electron chi connectivity index (χ0n) is 19.7. The lowest BCUT2D eigenvalue weighted by molar-refractivity contribution is 0.0964. The highest BCUT2D eigenvalue weighted by Gasteiger charge is 2.15. The van der Waals surface area contributed by atoms with Crippen molar-refractivity contribution in [2.75, 3.05) is 26.0 Å². The van der Waals surface area contributed by atoms with E-state index >= 15 is 0 Å². The molecule has 0 aliphatic rings. The average Bonchev–Trinajstić information content (AvgIpc) is 2.90. The summed E-state index contributed by atoms with van der Waals surface area (Å²) >= 11 is 0. The summed E-state index contributed by atoms with van der Waals surface area (Å²) in [6.45, 7) is 4.73. The summed E-state index contributed by atoms with van der Waals surface area (Å²) in [7, 11) is 3.30. The number of rotatable bonds is 8. The first-order valence-corrected chi connectivity index (χ1v) is 11.2. The molecule has 0 saturated carbocycles. The Kier molecular flexibility index (Phi) is 7.08. The van der Waals surface area contributed by atoms with Crippen molar-refractivity contribution in [2.45, 2.75) is 25.9 Å². The lowest BCUT2D eigenvalue weighted by atomic mass is 9.96. The molecule has 0 aliphatic heterocycles. The van der Waals surface area contributed by atoms with Crippen LogP contribution >= 0.6 is 0 Å². The summed E-state index contributed by atoms with van der Waals surface area (Å²) < 4.78 is 5.38. The van der Waals surface area contributed by atoms with Gasteiger partial charge in [-0.2, -0.15) is 0 Å². The van der Waals surface area contributed by atoms with Crippen LogP contribution in [0.15, 0.2) is 61.2 Å². The molecule has 0 spiro atoms. The van der Waals surface area contributed by atoms with E-state index in [0.29, 0.717) is 12.1 Å². The van der Waals surface area contributed by atoms with E-state index in [1.54, 1.807) is 38.9 Å². The van der Waals surface area contributed by atoms with Gasteiger partial charge in [-0.3, -0.25) is 14.8 Å². The van der Waals surface area contributed by atoms with E-state index in [1.807, 2.05) is 37.3 Å². The van der Waals surface area contributed by atoms with Gasteiger partial charge in [-0.15, -0.1) is 0 Å². The molecule has 2 N–H and O–H groups in total. The first-order chi connectivity index (χ1) is 16.5. The largest absolute Gasteiger partial charge is 0.375 e. The van der Waals surface area contributed by atoms with E-state index < -0.39 is 0 Å². The summed E-state index contributed by atoms with van der Waals surface area (Å²) in [4.78, 5) is 30.0. The fraction of sp³-hybridized carbons (Fsp3) is 0.269. The minimum Gasteiger partial charge on any atom is -0.375 e. The second-order valence-electron chi connectivity index (χ2n) is 8.10. The summed E-state index contributed by atoms with van der Waals surface area (Å²) in [6.07, 6.45) is 4.90. The number of nitrogens with zero attached hydrogens (tertiary/aromatic N) is 4. The van der Waals surface area contributed by atoms with Crippen LogP contribution in [0.4, 0.5) is 5.82 Å². The van der Waals surface area contributed by atoms with Crippen molar-refractivity contribution in [1.82, 2.24) is 25.3 Å². The Morgan fingerprint density at radius 3 is 2.65 bits per heavy atom. The molecule has 1 amide bonds. The number of amides is 1. The minimum atomic E-state index is -0.122. The second-order valence-corrected chi connectivity index (χ2v) is 8.10. The molecule has 2 atom stereocenters. The summed E-state index contributed by atoms with van der Waals surface area (Å²) in [5.74, 6) is 0.738. The van der Waals surface area contributed by atoms with Crippen LogP contribution in [0, 0.1) is 0 Å². The van der Waals surface area contributed by atoms with E-state index in [4.69, 9.17) is 4.74 Å². The number of aromatic nitrogens is 4. The van der Waals surface area contributed by atoms with Gasteiger partial charge in [-0.05, 0) is 30.7 Å². The number of nitrogens with one attached hydrogen (secondary N) is 2. The molecular formula is C26H28N6O2. The number of anilines is 1. The molecule has 8 heteroatoms. The van der Waals surface area contributed by atoms with Gasteiger partial charge < -0.3 is 15.4 Å². The maximum absolute atomic E-state index is 12.3. The van der Waals surface area contributed by atoms with Crippen molar-refractivity contribution < 1.29 is 9.53 Å². The Balaban J connectivity index is 1.54. The van der Waals surface area contributed by atoms with E-state index in [9.17, 15) is 4.79 Å². The van der Waals surface area contributed by atoms with Gasteiger partial charge in [0.1, 0.15) is 12.1 Å². The SMILES string of the molecule is CNC(=O)c1ccnc2c([C@H](C)CNc3cc(-c4ccnc([C@@H](C)OC)c4)ncn3)cccc12. The van der Waals surface area contributed by atoms with Crippen LogP contribution in [-0.4, -0.2) is 46.5 Å². The van der Waals surface area contributed by atoms with Gasteiger partial charge in [0.15, 0.2) is 0 Å². The molecule has 0 aliphatic carbocycles. The molecule has 34 heavy (non-hydrogen) atoms. The fourth-order valence-electron chi connectivity index (χ4n) is 3.86. The molecule has 0 radical (unpaired) electrons. The third-order valence-corrected chi connectivity index (χ3v) is 5.91. The van der Waals surface area contributed by atoms with Gasteiger partial charge in [0.2, 0.25) is 0 Å². The van der Waals surface area contributed by atoms with Gasteiger partial charge in [-0.25, -0.2) is 9.97 Å². The summed E-state index contributed by atoms with van der Waals surface area (Å²) in [6, 6.07) is 13.5. The molecule has 4 aromatic rings. The standard InChI is InChI=1S/C26H28N6O2/c1-16(19-6-5-7-20-21(26(33)27-3)9-11-29-25(19)20)14-30-24-13-23(31-15-32-24)18-8-10-28-22(12-18)17(2)34-4/h5-13,15-17H,14H2,1-4H3,(H,27,33)(H,30,31,32)/t16-,17-/m1/s1. The molecule has 0 fully saturated rings. The Bertz CT molecular complexity index is 1310. The maximum atomic E-state index is 12.3. The van der Waals surface area contributed by atoms with Crippen LogP contribution in [0.1, 0.15) is 47.5 Å². The van der Waals surface area contributed by atoms with Crippen LogP contribution in [0.3, 0.4) is 0 Å². The van der Waals surface area contributed by atoms with Gasteiger partial charge in [0.25, 0.3) is 5.91 Å². The van der Waals surface area contributed by atoms with Crippen molar-refractivity contribution in [2.24, 2.45) is 0 Å². The van der Waals surface area contributed by atoms with Crippen LogP contribution in [-0.2, 0) is 4.74 Å². The van der Waals surface area contributed by atoms with Crippen molar-refractivity contribution >= 4 is 22.6 Å². The van der Waals surface area contributed by atoms with Crippen molar-refractivity contribution in [1.29, 1.82) is 0 Å². The molecule has 174 valence electrons. The highest BCUT2D eigenvalue weighted by Crippen LogP contribution is 2.27. The van der Waals surface area contributed by atoms with E-state index in [1.165, 1.54) is 0 Å². The Morgan fingerprint density at radius 2 is 1.85 bits per heavy atom. The highest BCUT2D eigenvalue weighted by molar-refractivity contribution is 6.06. The zero-order valence-corrected chi connectivity index (χ0v) is 19.7. The third kappa shape index (κ3) is 4.87. The van der Waals surface area contributed by atoms with E-state index in [2.05, 4.69) is 43.6 Å². The lowest BCUT2D eigenvalue weighted by Gasteiger charge is -2.16. The summed E-state index contributed by atoms with van der Waals surface area (Å²) in [5.41, 5.74) is 5.12. The summed E-state index contributed by atoms with van der Waals surface area (Å²) in [5, 5.41) is 6.95. The number of carbonyl (C=O) groups is 1. The second kappa shape index (κ2) is 10.4. The zero-order chi connectivity index (χ0) is 24.1. The monoisotopic (exact) mass is 456 g/mol. The smallest absolute Gasteiger partial charge is 0.251 e. The van der Waals surface area contributed by atoms with Crippen LogP contribution < -0.4 is 10.6 Å². The highest BCUT2D eigenvalue weighted by atomic mass is 16.5. The Hall–Kier alpha value is -3.91. The minimum absolute atomic E-state index is 0.0987. The molecular weight excluding hydrogens is 428 g/mol. The molecule has 3 aromatic heterocycles. The number of para-hydroxylation sites is 1. The van der Waals surface area contributed by atoms with Gasteiger partial charge in [-0.1, -0.05) is 25.1 Å². The molecule has 0 saturated heterocycles. The topological polar surface area (TPSA) is 102 Å². The van der Waals surface area contributed by atoms with Crippen molar-refractivity contribution in [3.05, 3.63) is 78.0 Å². The van der Waals surface area contributed by atoms with Gasteiger partial charge >= 0.3 is 0 Å². The molecule has 0 bridgehead atoms. The number of hydrogen-bond donors (Lipinski definition) is 2. The quantitative estimate of drug-likeness (QED) is 0.406. The number of ether oxygens (including phenoxy) is 1. The number of methoxy groups -OCH3 is 1. The van der Waals surface area contributed by atoms with Crippen LogP contribution in [0.25, 0.3) is 22.2 Å².